The van der Waals surface area contributed by atoms with Crippen molar-refractivity contribution in [3.63, 3.8) is 0 Å². The van der Waals surface area contributed by atoms with Gasteiger partial charge >= 0.3 is 12.1 Å². The Morgan fingerprint density at radius 3 is 2.48 bits per heavy atom. The molecule has 0 saturated heterocycles. The molecule has 0 N–H and O–H groups in total. The standard InChI is InChI=1S/C22H33NO4/c1-14(2)11-17-12-16-10-8-9-15(3)20(16)18(13-19(24)26-7)23(17)21(25)27-22(4,5)6/h8-10,14,17-18H,11-13H2,1-7H3/t17-,18+/m0/s1. The summed E-state index contributed by atoms with van der Waals surface area (Å²) in [5, 5.41) is 0. The molecule has 0 spiro atoms. The highest BCUT2D eigenvalue weighted by Gasteiger charge is 2.41. The molecule has 1 aliphatic rings. The lowest BCUT2D eigenvalue weighted by Gasteiger charge is -2.44. The molecular weight excluding hydrogens is 342 g/mol. The van der Waals surface area contributed by atoms with Crippen LogP contribution in [0.15, 0.2) is 18.2 Å². The van der Waals surface area contributed by atoms with Crippen molar-refractivity contribution < 1.29 is 19.1 Å². The van der Waals surface area contributed by atoms with Gasteiger partial charge in [-0.2, -0.15) is 0 Å². The highest BCUT2D eigenvalue weighted by molar-refractivity contribution is 5.75. The maximum atomic E-state index is 13.2. The maximum absolute atomic E-state index is 13.2. The molecule has 27 heavy (non-hydrogen) atoms. The van der Waals surface area contributed by atoms with Crippen LogP contribution in [0.1, 0.15) is 70.2 Å². The summed E-state index contributed by atoms with van der Waals surface area (Å²) >= 11 is 0. The van der Waals surface area contributed by atoms with Gasteiger partial charge in [-0.3, -0.25) is 9.69 Å². The smallest absolute Gasteiger partial charge is 0.411 e. The zero-order valence-electron chi connectivity index (χ0n) is 17.7. The van der Waals surface area contributed by atoms with Gasteiger partial charge in [0, 0.05) is 6.04 Å². The molecule has 0 fully saturated rings. The predicted octanol–water partition coefficient (Wildman–Crippen LogP) is 4.81. The molecule has 5 heteroatoms. The van der Waals surface area contributed by atoms with Gasteiger partial charge in [-0.15, -0.1) is 0 Å². The summed E-state index contributed by atoms with van der Waals surface area (Å²) in [5.74, 6) is 0.0954. The fourth-order valence-electron chi connectivity index (χ4n) is 3.92. The molecule has 0 radical (unpaired) electrons. The number of aryl methyl sites for hydroxylation is 1. The second kappa shape index (κ2) is 8.32. The molecule has 0 bridgehead atoms. The Bertz CT molecular complexity index is 690. The molecule has 2 atom stereocenters. The van der Waals surface area contributed by atoms with E-state index in [2.05, 4.69) is 19.9 Å². The minimum absolute atomic E-state index is 0.0104. The Hall–Kier alpha value is -2.04. The minimum Gasteiger partial charge on any atom is -0.469 e. The first-order valence-corrected chi connectivity index (χ1v) is 9.70. The van der Waals surface area contributed by atoms with Gasteiger partial charge in [0.15, 0.2) is 0 Å². The Morgan fingerprint density at radius 1 is 1.26 bits per heavy atom. The van der Waals surface area contributed by atoms with Crippen molar-refractivity contribution >= 4 is 12.1 Å². The van der Waals surface area contributed by atoms with Crippen LogP contribution in [0.4, 0.5) is 4.79 Å². The Labute approximate surface area is 163 Å². The van der Waals surface area contributed by atoms with Crippen LogP contribution < -0.4 is 0 Å². The van der Waals surface area contributed by atoms with Crippen molar-refractivity contribution in [2.45, 2.75) is 78.5 Å². The third-order valence-electron chi connectivity index (χ3n) is 4.87. The van der Waals surface area contributed by atoms with E-state index in [-0.39, 0.29) is 30.6 Å². The van der Waals surface area contributed by atoms with Gasteiger partial charge in [0.1, 0.15) is 5.60 Å². The van der Waals surface area contributed by atoms with Crippen molar-refractivity contribution in [2.75, 3.05) is 7.11 Å². The molecule has 1 heterocycles. The number of benzene rings is 1. The van der Waals surface area contributed by atoms with Crippen LogP contribution in [-0.2, 0) is 20.7 Å². The Kier molecular flexibility index (Phi) is 6.55. The topological polar surface area (TPSA) is 55.8 Å². The van der Waals surface area contributed by atoms with E-state index >= 15 is 0 Å². The first kappa shape index (κ1) is 21.3. The van der Waals surface area contributed by atoms with Crippen LogP contribution in [-0.4, -0.2) is 35.7 Å². The zero-order valence-corrected chi connectivity index (χ0v) is 17.7. The van der Waals surface area contributed by atoms with E-state index in [0.717, 1.165) is 24.0 Å². The number of nitrogens with zero attached hydrogens (tertiary/aromatic N) is 1. The lowest BCUT2D eigenvalue weighted by Crippen LogP contribution is -2.50. The molecule has 1 aromatic carbocycles. The molecule has 0 aromatic heterocycles. The summed E-state index contributed by atoms with van der Waals surface area (Å²) < 4.78 is 10.7. The summed E-state index contributed by atoms with van der Waals surface area (Å²) in [5.41, 5.74) is 2.74. The lowest BCUT2D eigenvalue weighted by molar-refractivity contribution is -0.142. The van der Waals surface area contributed by atoms with Gasteiger partial charge in [-0.05, 0) is 63.1 Å². The number of carbonyl (C=O) groups is 2. The average Bonchev–Trinajstić information content (AvgIpc) is 2.52. The number of esters is 1. The fourth-order valence-corrected chi connectivity index (χ4v) is 3.92. The van der Waals surface area contributed by atoms with Crippen LogP contribution in [0.2, 0.25) is 0 Å². The molecule has 150 valence electrons. The lowest BCUT2D eigenvalue weighted by atomic mass is 9.82. The largest absolute Gasteiger partial charge is 0.469 e. The van der Waals surface area contributed by atoms with Crippen LogP contribution in [0.25, 0.3) is 0 Å². The molecule has 2 rings (SSSR count). The summed E-state index contributed by atoms with van der Waals surface area (Å²) in [6, 6.07) is 5.79. The van der Waals surface area contributed by atoms with Crippen molar-refractivity contribution in [3.8, 4) is 0 Å². The minimum atomic E-state index is -0.596. The molecule has 0 unspecified atom stereocenters. The number of methoxy groups -OCH3 is 1. The normalized spacial score (nSPS) is 19.6. The van der Waals surface area contributed by atoms with E-state index in [9.17, 15) is 9.59 Å². The first-order chi connectivity index (χ1) is 12.5. The van der Waals surface area contributed by atoms with Crippen LogP contribution in [0.3, 0.4) is 0 Å². The summed E-state index contributed by atoms with van der Waals surface area (Å²) in [7, 11) is 1.38. The van der Waals surface area contributed by atoms with E-state index in [1.54, 1.807) is 4.90 Å². The van der Waals surface area contributed by atoms with Crippen molar-refractivity contribution in [1.29, 1.82) is 0 Å². The zero-order chi connectivity index (χ0) is 20.4. The van der Waals surface area contributed by atoms with E-state index in [4.69, 9.17) is 9.47 Å². The van der Waals surface area contributed by atoms with Gasteiger partial charge < -0.3 is 9.47 Å². The first-order valence-electron chi connectivity index (χ1n) is 9.70. The second-order valence-corrected chi connectivity index (χ2v) is 8.82. The third kappa shape index (κ3) is 5.24. The maximum Gasteiger partial charge on any atom is 0.411 e. The monoisotopic (exact) mass is 375 g/mol. The van der Waals surface area contributed by atoms with E-state index in [0.29, 0.717) is 5.92 Å². The molecule has 0 aliphatic carbocycles. The molecule has 5 nitrogen and oxygen atoms in total. The number of fused-ring (bicyclic) bond motifs is 1. The van der Waals surface area contributed by atoms with Gasteiger partial charge in [0.2, 0.25) is 0 Å². The molecule has 1 aliphatic heterocycles. The molecule has 0 saturated carbocycles. The quantitative estimate of drug-likeness (QED) is 0.709. The number of amides is 1. The van der Waals surface area contributed by atoms with Gasteiger partial charge in [0.05, 0.1) is 19.6 Å². The number of rotatable bonds is 4. The number of hydrogen-bond acceptors (Lipinski definition) is 4. The molecule has 1 amide bonds. The molecule has 1 aromatic rings. The van der Waals surface area contributed by atoms with E-state index in [1.807, 2.05) is 39.8 Å². The second-order valence-electron chi connectivity index (χ2n) is 8.82. The average molecular weight is 376 g/mol. The fraction of sp³-hybridized carbons (Fsp3) is 0.636. The number of hydrogen-bond donors (Lipinski definition) is 0. The predicted molar refractivity (Wildman–Crippen MR) is 106 cm³/mol. The summed E-state index contributed by atoms with van der Waals surface area (Å²) in [6.45, 7) is 11.9. The number of ether oxygens (including phenoxy) is 2. The van der Waals surface area contributed by atoms with Crippen molar-refractivity contribution in [3.05, 3.63) is 34.9 Å². The summed E-state index contributed by atoms with van der Waals surface area (Å²) in [6.07, 6.45) is 1.38. The van der Waals surface area contributed by atoms with Crippen molar-refractivity contribution in [2.24, 2.45) is 5.92 Å². The highest BCUT2D eigenvalue weighted by Crippen LogP contribution is 2.40. The van der Waals surface area contributed by atoms with Crippen LogP contribution >= 0.6 is 0 Å². The highest BCUT2D eigenvalue weighted by atomic mass is 16.6. The van der Waals surface area contributed by atoms with Gasteiger partial charge in [-0.25, -0.2) is 4.79 Å². The Balaban J connectivity index is 2.54. The third-order valence-corrected chi connectivity index (χ3v) is 4.87. The Morgan fingerprint density at radius 2 is 1.93 bits per heavy atom. The van der Waals surface area contributed by atoms with Crippen molar-refractivity contribution in [1.82, 2.24) is 4.90 Å². The van der Waals surface area contributed by atoms with E-state index < -0.39 is 5.60 Å². The van der Waals surface area contributed by atoms with Gasteiger partial charge in [0.25, 0.3) is 0 Å². The van der Waals surface area contributed by atoms with Crippen LogP contribution in [0.5, 0.6) is 0 Å². The summed E-state index contributed by atoms with van der Waals surface area (Å²) in [4.78, 5) is 27.1. The molecular formula is C22H33NO4. The van der Waals surface area contributed by atoms with Gasteiger partial charge in [-0.1, -0.05) is 32.0 Å². The SMILES string of the molecule is COC(=O)C[C@@H]1c2c(C)cccc2C[C@H](CC(C)C)N1C(=O)OC(C)(C)C. The number of carbonyl (C=O) groups excluding carboxylic acids is 2. The van der Waals surface area contributed by atoms with E-state index in [1.165, 1.54) is 12.7 Å². The van der Waals surface area contributed by atoms with Crippen LogP contribution in [0, 0.1) is 12.8 Å².